The lowest BCUT2D eigenvalue weighted by Gasteiger charge is -2.01. The third-order valence-electron chi connectivity index (χ3n) is 3.04. The molecular weight excluding hydrogens is 355 g/mol. The van der Waals surface area contributed by atoms with Crippen LogP contribution < -0.4 is 5.32 Å². The predicted molar refractivity (Wildman–Crippen MR) is 92.8 cm³/mol. The highest BCUT2D eigenvalue weighted by molar-refractivity contribution is 7.15. The maximum atomic E-state index is 12.0. The van der Waals surface area contributed by atoms with E-state index in [0.29, 0.717) is 27.4 Å². The number of rotatable bonds is 4. The number of nitrogens with zero attached hydrogens (tertiary/aromatic N) is 1. The highest BCUT2D eigenvalue weighted by atomic mass is 35.5. The monoisotopic (exact) mass is 366 g/mol. The summed E-state index contributed by atoms with van der Waals surface area (Å²) in [6.07, 6.45) is 2.37. The molecule has 0 spiro atoms. The largest absolute Gasteiger partial charge is 0.456 e. The van der Waals surface area contributed by atoms with Crippen molar-refractivity contribution in [3.05, 3.63) is 68.5 Å². The highest BCUT2D eigenvalue weighted by Gasteiger charge is 2.12. The van der Waals surface area contributed by atoms with Crippen LogP contribution in [0.4, 0.5) is 5.13 Å². The molecule has 23 heavy (non-hydrogen) atoms. The van der Waals surface area contributed by atoms with Crippen molar-refractivity contribution >= 4 is 45.6 Å². The summed E-state index contributed by atoms with van der Waals surface area (Å²) in [4.78, 5) is 17.2. The van der Waals surface area contributed by atoms with Gasteiger partial charge >= 0.3 is 0 Å². The molecule has 3 rings (SSSR count). The minimum atomic E-state index is -0.315. The van der Waals surface area contributed by atoms with E-state index in [1.807, 2.05) is 12.1 Å². The molecule has 0 aliphatic carbocycles. The lowest BCUT2D eigenvalue weighted by Crippen LogP contribution is -2.10. The number of thiazole rings is 1. The zero-order chi connectivity index (χ0) is 16.4. The average molecular weight is 367 g/mol. The van der Waals surface area contributed by atoms with Crippen LogP contribution in [0, 0.1) is 6.92 Å². The third-order valence-corrected chi connectivity index (χ3v) is 4.39. The van der Waals surface area contributed by atoms with Crippen molar-refractivity contribution in [2.45, 2.75) is 13.3 Å². The SMILES string of the molecule is Cc1ccc(C(=O)Nc2ncc(Cc3cc(Cl)cc(Cl)c3)s2)o1. The third kappa shape index (κ3) is 4.13. The summed E-state index contributed by atoms with van der Waals surface area (Å²) in [5.74, 6) is 0.637. The molecule has 1 N–H and O–H groups in total. The Bertz CT molecular complexity index is 837. The molecule has 1 amide bonds. The number of anilines is 1. The lowest BCUT2D eigenvalue weighted by atomic mass is 10.1. The van der Waals surface area contributed by atoms with Gasteiger partial charge in [0.15, 0.2) is 10.9 Å². The lowest BCUT2D eigenvalue weighted by molar-refractivity contribution is 0.0995. The van der Waals surface area contributed by atoms with Crippen LogP contribution in [0.15, 0.2) is 40.9 Å². The minimum absolute atomic E-state index is 0.265. The second kappa shape index (κ2) is 6.74. The van der Waals surface area contributed by atoms with Gasteiger partial charge in [-0.25, -0.2) is 4.98 Å². The molecule has 118 valence electrons. The van der Waals surface area contributed by atoms with E-state index in [4.69, 9.17) is 27.6 Å². The van der Waals surface area contributed by atoms with Gasteiger partial charge in [0.2, 0.25) is 0 Å². The minimum Gasteiger partial charge on any atom is -0.456 e. The zero-order valence-electron chi connectivity index (χ0n) is 12.1. The normalized spacial score (nSPS) is 10.7. The Hall–Kier alpha value is -1.82. The fourth-order valence-electron chi connectivity index (χ4n) is 2.08. The predicted octanol–water partition coefficient (Wildman–Crippen LogP) is 5.19. The number of halogens is 2. The second-order valence-corrected chi connectivity index (χ2v) is 6.94. The first-order valence-corrected chi connectivity index (χ1v) is 8.34. The number of amides is 1. The Morgan fingerprint density at radius 1 is 1.26 bits per heavy atom. The van der Waals surface area contributed by atoms with Gasteiger partial charge in [-0.1, -0.05) is 23.2 Å². The molecule has 0 saturated carbocycles. The number of benzene rings is 1. The summed E-state index contributed by atoms with van der Waals surface area (Å²) < 4.78 is 5.28. The summed E-state index contributed by atoms with van der Waals surface area (Å²) in [5.41, 5.74) is 0.991. The van der Waals surface area contributed by atoms with Crippen molar-refractivity contribution < 1.29 is 9.21 Å². The first-order valence-electron chi connectivity index (χ1n) is 6.77. The van der Waals surface area contributed by atoms with Crippen LogP contribution in [0.5, 0.6) is 0 Å². The Morgan fingerprint density at radius 2 is 2.00 bits per heavy atom. The number of hydrogen-bond acceptors (Lipinski definition) is 4. The number of carbonyl (C=O) groups is 1. The first kappa shape index (κ1) is 16.1. The number of nitrogens with one attached hydrogen (secondary N) is 1. The Morgan fingerprint density at radius 3 is 2.65 bits per heavy atom. The van der Waals surface area contributed by atoms with Crippen LogP contribution in [0.25, 0.3) is 0 Å². The summed E-state index contributed by atoms with van der Waals surface area (Å²) in [7, 11) is 0. The molecule has 2 aromatic heterocycles. The van der Waals surface area contributed by atoms with Crippen molar-refractivity contribution in [3.8, 4) is 0 Å². The molecule has 0 fully saturated rings. The molecule has 2 heterocycles. The molecule has 4 nitrogen and oxygen atoms in total. The molecule has 0 saturated heterocycles. The van der Waals surface area contributed by atoms with E-state index >= 15 is 0 Å². The molecule has 0 unspecified atom stereocenters. The molecule has 0 bridgehead atoms. The highest BCUT2D eigenvalue weighted by Crippen LogP contribution is 2.25. The molecule has 1 aromatic carbocycles. The number of furan rings is 1. The van der Waals surface area contributed by atoms with Gasteiger partial charge in [0.25, 0.3) is 5.91 Å². The van der Waals surface area contributed by atoms with E-state index in [-0.39, 0.29) is 11.7 Å². The topological polar surface area (TPSA) is 55.1 Å². The fourth-order valence-corrected chi connectivity index (χ4v) is 3.49. The number of aryl methyl sites for hydroxylation is 1. The van der Waals surface area contributed by atoms with Gasteiger partial charge in [-0.3, -0.25) is 10.1 Å². The van der Waals surface area contributed by atoms with E-state index in [0.717, 1.165) is 10.4 Å². The van der Waals surface area contributed by atoms with Gasteiger partial charge in [0.05, 0.1) is 0 Å². The Balaban J connectivity index is 1.69. The summed E-state index contributed by atoms with van der Waals surface area (Å²) in [6, 6.07) is 8.78. The van der Waals surface area contributed by atoms with Gasteiger partial charge in [-0.15, -0.1) is 11.3 Å². The van der Waals surface area contributed by atoms with E-state index in [1.54, 1.807) is 31.3 Å². The average Bonchev–Trinajstić information content (AvgIpc) is 3.07. The van der Waals surface area contributed by atoms with Crippen molar-refractivity contribution in [3.63, 3.8) is 0 Å². The fraction of sp³-hybridized carbons (Fsp3) is 0.125. The number of hydrogen-bond donors (Lipinski definition) is 1. The molecule has 0 aliphatic rings. The molecule has 7 heteroatoms. The standard InChI is InChI=1S/C16H12Cl2N2O2S/c1-9-2-3-14(22-9)15(21)20-16-19-8-13(23-16)6-10-4-11(17)7-12(18)5-10/h2-5,7-8H,6H2,1H3,(H,19,20,21). The van der Waals surface area contributed by atoms with E-state index in [1.165, 1.54) is 11.3 Å². The molecule has 0 atom stereocenters. The maximum Gasteiger partial charge on any atom is 0.293 e. The van der Waals surface area contributed by atoms with Gasteiger partial charge in [-0.05, 0) is 42.8 Å². The zero-order valence-corrected chi connectivity index (χ0v) is 14.4. The molecule has 0 aliphatic heterocycles. The molecular formula is C16H12Cl2N2O2S. The smallest absolute Gasteiger partial charge is 0.293 e. The number of carbonyl (C=O) groups excluding carboxylic acids is 1. The van der Waals surface area contributed by atoms with Crippen LogP contribution in [0.3, 0.4) is 0 Å². The Kier molecular flexibility index (Phi) is 4.71. The quantitative estimate of drug-likeness (QED) is 0.690. The van der Waals surface area contributed by atoms with Crippen molar-refractivity contribution in [2.24, 2.45) is 0 Å². The van der Waals surface area contributed by atoms with Crippen molar-refractivity contribution in [1.82, 2.24) is 4.98 Å². The summed E-state index contributed by atoms with van der Waals surface area (Å²) in [5, 5.41) is 4.44. The Labute approximate surface area is 147 Å². The summed E-state index contributed by atoms with van der Waals surface area (Å²) in [6.45, 7) is 1.79. The van der Waals surface area contributed by atoms with Crippen LogP contribution in [-0.4, -0.2) is 10.9 Å². The van der Waals surface area contributed by atoms with Crippen molar-refractivity contribution in [2.75, 3.05) is 5.32 Å². The van der Waals surface area contributed by atoms with Gasteiger partial charge in [0, 0.05) is 27.5 Å². The molecule has 0 radical (unpaired) electrons. The first-order chi connectivity index (χ1) is 11.0. The number of aromatic nitrogens is 1. The van der Waals surface area contributed by atoms with Crippen LogP contribution >= 0.6 is 34.5 Å². The van der Waals surface area contributed by atoms with Crippen LogP contribution in [-0.2, 0) is 6.42 Å². The van der Waals surface area contributed by atoms with E-state index < -0.39 is 0 Å². The van der Waals surface area contributed by atoms with Crippen molar-refractivity contribution in [1.29, 1.82) is 0 Å². The summed E-state index contributed by atoms with van der Waals surface area (Å²) >= 11 is 13.4. The second-order valence-electron chi connectivity index (χ2n) is 4.95. The van der Waals surface area contributed by atoms with Gasteiger partial charge in [-0.2, -0.15) is 0 Å². The van der Waals surface area contributed by atoms with Crippen LogP contribution in [0.1, 0.15) is 26.8 Å². The maximum absolute atomic E-state index is 12.0. The van der Waals surface area contributed by atoms with Gasteiger partial charge < -0.3 is 4.42 Å². The van der Waals surface area contributed by atoms with Gasteiger partial charge in [0.1, 0.15) is 5.76 Å². The van der Waals surface area contributed by atoms with Crippen LogP contribution in [0.2, 0.25) is 10.0 Å². The van der Waals surface area contributed by atoms with E-state index in [2.05, 4.69) is 10.3 Å². The van der Waals surface area contributed by atoms with E-state index in [9.17, 15) is 4.79 Å². The molecule has 3 aromatic rings.